The van der Waals surface area contributed by atoms with Gasteiger partial charge in [0.2, 0.25) is 0 Å². The first-order chi connectivity index (χ1) is 9.70. The van der Waals surface area contributed by atoms with Crippen molar-refractivity contribution in [3.8, 4) is 11.4 Å². The Hall–Kier alpha value is -1.62. The summed E-state index contributed by atoms with van der Waals surface area (Å²) < 4.78 is 0.503. The van der Waals surface area contributed by atoms with E-state index in [1.165, 1.54) is 0 Å². The van der Waals surface area contributed by atoms with Crippen molar-refractivity contribution in [2.24, 2.45) is 0 Å². The van der Waals surface area contributed by atoms with Crippen LogP contribution < -0.4 is 10.5 Å². The minimum Gasteiger partial charge on any atom is -0.378 e. The van der Waals surface area contributed by atoms with Crippen LogP contribution in [0.2, 0.25) is 0 Å². The zero-order valence-corrected chi connectivity index (χ0v) is 14.6. The van der Waals surface area contributed by atoms with Gasteiger partial charge in [-0.15, -0.1) is 0 Å². The molecule has 0 bridgehead atoms. The van der Waals surface area contributed by atoms with Crippen molar-refractivity contribution in [2.75, 3.05) is 19.0 Å². The molecule has 0 aliphatic rings. The summed E-state index contributed by atoms with van der Waals surface area (Å²) in [4.78, 5) is 21.6. The maximum atomic E-state index is 12.1. The maximum absolute atomic E-state index is 12.1. The summed E-state index contributed by atoms with van der Waals surface area (Å²) in [7, 11) is 3.99. The monoisotopic (exact) mass is 349 g/mol. The van der Waals surface area contributed by atoms with Crippen LogP contribution in [0.25, 0.3) is 11.4 Å². The number of benzene rings is 1. The van der Waals surface area contributed by atoms with E-state index in [4.69, 9.17) is 0 Å². The highest BCUT2D eigenvalue weighted by Crippen LogP contribution is 2.27. The zero-order chi connectivity index (χ0) is 15.8. The zero-order valence-electron chi connectivity index (χ0n) is 13.0. The molecular weight excluding hydrogens is 330 g/mol. The van der Waals surface area contributed by atoms with Gasteiger partial charge in [-0.05, 0) is 40.2 Å². The van der Waals surface area contributed by atoms with Crippen molar-refractivity contribution in [1.29, 1.82) is 0 Å². The number of H-pyrrole nitrogens is 1. The number of aromatic nitrogens is 2. The van der Waals surface area contributed by atoms with E-state index in [-0.39, 0.29) is 11.0 Å². The molecule has 0 saturated heterocycles. The van der Waals surface area contributed by atoms with Crippen LogP contribution in [0.5, 0.6) is 0 Å². The Bertz CT molecular complexity index is 697. The first kappa shape index (κ1) is 15.8. The van der Waals surface area contributed by atoms with Crippen LogP contribution in [-0.2, 0) is 5.41 Å². The van der Waals surface area contributed by atoms with E-state index >= 15 is 0 Å². The highest BCUT2D eigenvalue weighted by Gasteiger charge is 2.22. The van der Waals surface area contributed by atoms with Crippen molar-refractivity contribution >= 4 is 21.6 Å². The lowest BCUT2D eigenvalue weighted by Crippen LogP contribution is -2.22. The second-order valence-electron chi connectivity index (χ2n) is 6.27. The average molecular weight is 350 g/mol. The van der Waals surface area contributed by atoms with Crippen LogP contribution in [0, 0.1) is 0 Å². The predicted octanol–water partition coefficient (Wildman–Crippen LogP) is 3.56. The lowest BCUT2D eigenvalue weighted by Gasteiger charge is -2.20. The average Bonchev–Trinajstić information content (AvgIpc) is 2.40. The van der Waals surface area contributed by atoms with E-state index in [1.54, 1.807) is 0 Å². The van der Waals surface area contributed by atoms with Gasteiger partial charge in [-0.25, -0.2) is 4.98 Å². The number of anilines is 1. The molecule has 1 N–H and O–H groups in total. The van der Waals surface area contributed by atoms with Crippen molar-refractivity contribution in [3.05, 3.63) is 44.8 Å². The molecule has 0 unspecified atom stereocenters. The number of nitrogens with zero attached hydrogens (tertiary/aromatic N) is 2. The van der Waals surface area contributed by atoms with Gasteiger partial charge in [0.05, 0.1) is 5.69 Å². The molecule has 1 aromatic heterocycles. The Kier molecular flexibility index (Phi) is 4.23. The van der Waals surface area contributed by atoms with Crippen molar-refractivity contribution < 1.29 is 0 Å². The third-order valence-corrected chi connectivity index (χ3v) is 3.97. The lowest BCUT2D eigenvalue weighted by molar-refractivity contribution is 0.562. The molecule has 0 saturated carbocycles. The highest BCUT2D eigenvalue weighted by molar-refractivity contribution is 9.10. The molecule has 5 heteroatoms. The van der Waals surface area contributed by atoms with E-state index in [9.17, 15) is 4.79 Å². The molecule has 2 aromatic rings. The summed E-state index contributed by atoms with van der Waals surface area (Å²) in [5.41, 5.74) is 2.41. The molecule has 1 heterocycles. The molecule has 0 spiro atoms. The van der Waals surface area contributed by atoms with Gasteiger partial charge in [0, 0.05) is 30.8 Å². The number of halogens is 1. The Balaban J connectivity index is 2.55. The molecule has 1 aromatic carbocycles. The normalized spacial score (nSPS) is 11.5. The minimum absolute atomic E-state index is 0.151. The largest absolute Gasteiger partial charge is 0.378 e. The highest BCUT2D eigenvalue weighted by atomic mass is 79.9. The van der Waals surface area contributed by atoms with Crippen LogP contribution in [0.3, 0.4) is 0 Å². The number of hydrogen-bond donors (Lipinski definition) is 1. The fraction of sp³-hybridized carbons (Fsp3) is 0.375. The van der Waals surface area contributed by atoms with Crippen LogP contribution in [0.4, 0.5) is 5.69 Å². The Morgan fingerprint density at radius 3 is 2.19 bits per heavy atom. The molecule has 0 fully saturated rings. The fourth-order valence-electron chi connectivity index (χ4n) is 2.01. The van der Waals surface area contributed by atoms with Gasteiger partial charge in [-0.1, -0.05) is 20.8 Å². The van der Waals surface area contributed by atoms with Crippen LogP contribution in [0.15, 0.2) is 33.5 Å². The number of aromatic amines is 1. The Morgan fingerprint density at radius 1 is 1.14 bits per heavy atom. The van der Waals surface area contributed by atoms with Gasteiger partial charge in [0.25, 0.3) is 5.56 Å². The van der Waals surface area contributed by atoms with Gasteiger partial charge in [-0.3, -0.25) is 4.79 Å². The molecule has 0 radical (unpaired) electrons. The molecule has 0 aliphatic carbocycles. The quantitative estimate of drug-likeness (QED) is 0.901. The van der Waals surface area contributed by atoms with Crippen LogP contribution in [-0.4, -0.2) is 24.1 Å². The van der Waals surface area contributed by atoms with Gasteiger partial charge >= 0.3 is 0 Å². The molecule has 4 nitrogen and oxygen atoms in total. The number of hydrogen-bond acceptors (Lipinski definition) is 3. The molecular formula is C16H20BrN3O. The fourth-order valence-corrected chi connectivity index (χ4v) is 2.79. The second kappa shape index (κ2) is 5.64. The molecule has 21 heavy (non-hydrogen) atoms. The number of nitrogens with one attached hydrogen (secondary N) is 1. The molecule has 0 aliphatic heterocycles. The number of rotatable bonds is 2. The third kappa shape index (κ3) is 3.35. The summed E-state index contributed by atoms with van der Waals surface area (Å²) >= 11 is 3.34. The van der Waals surface area contributed by atoms with Gasteiger partial charge in [0.1, 0.15) is 10.3 Å². The van der Waals surface area contributed by atoms with Gasteiger partial charge in [-0.2, -0.15) is 0 Å². The lowest BCUT2D eigenvalue weighted by atomic mass is 9.92. The Labute approximate surface area is 133 Å². The summed E-state index contributed by atoms with van der Waals surface area (Å²) in [6, 6.07) is 7.95. The summed E-state index contributed by atoms with van der Waals surface area (Å²) in [6.07, 6.45) is 0. The minimum atomic E-state index is -0.203. The third-order valence-electron chi connectivity index (χ3n) is 3.23. The standard InChI is InChI=1S/C16H20BrN3O/c1-16(2,3)13-12(17)15(21)19-14(18-13)10-6-8-11(9-7-10)20(4)5/h6-9H,1-5H3,(H,18,19,21). The maximum Gasteiger partial charge on any atom is 0.265 e. The second-order valence-corrected chi connectivity index (χ2v) is 7.06. The van der Waals surface area contributed by atoms with E-state index in [1.807, 2.05) is 64.0 Å². The SMILES string of the molecule is CN(C)c1ccc(-c2nc(C(C)(C)C)c(Br)c(=O)[nH]2)cc1. The van der Waals surface area contributed by atoms with Crippen LogP contribution in [0.1, 0.15) is 26.5 Å². The first-order valence-electron chi connectivity index (χ1n) is 6.78. The van der Waals surface area contributed by atoms with Crippen molar-refractivity contribution in [2.45, 2.75) is 26.2 Å². The first-order valence-corrected chi connectivity index (χ1v) is 7.57. The molecule has 112 valence electrons. The van der Waals surface area contributed by atoms with E-state index in [2.05, 4.69) is 25.9 Å². The van der Waals surface area contributed by atoms with E-state index < -0.39 is 0 Å². The van der Waals surface area contributed by atoms with Crippen molar-refractivity contribution in [1.82, 2.24) is 9.97 Å². The molecule has 0 amide bonds. The van der Waals surface area contributed by atoms with Crippen LogP contribution >= 0.6 is 15.9 Å². The topological polar surface area (TPSA) is 49.0 Å². The van der Waals surface area contributed by atoms with Crippen molar-refractivity contribution in [3.63, 3.8) is 0 Å². The summed E-state index contributed by atoms with van der Waals surface area (Å²) in [5, 5.41) is 0. The van der Waals surface area contributed by atoms with E-state index in [0.29, 0.717) is 10.3 Å². The Morgan fingerprint density at radius 2 is 1.71 bits per heavy atom. The van der Waals surface area contributed by atoms with E-state index in [0.717, 1.165) is 16.9 Å². The van der Waals surface area contributed by atoms with Gasteiger partial charge in [0.15, 0.2) is 0 Å². The summed E-state index contributed by atoms with van der Waals surface area (Å²) in [6.45, 7) is 6.12. The predicted molar refractivity (Wildman–Crippen MR) is 91.0 cm³/mol. The van der Waals surface area contributed by atoms with Gasteiger partial charge < -0.3 is 9.88 Å². The smallest absolute Gasteiger partial charge is 0.265 e. The molecule has 0 atom stereocenters. The molecule has 2 rings (SSSR count). The summed E-state index contributed by atoms with van der Waals surface area (Å²) in [5.74, 6) is 0.596.